The minimum Gasteiger partial charge on any atom is -0.379 e. The zero-order chi connectivity index (χ0) is 21.1. The van der Waals surface area contributed by atoms with Gasteiger partial charge in [0.2, 0.25) is 15.9 Å². The van der Waals surface area contributed by atoms with Gasteiger partial charge in [0.1, 0.15) is 0 Å². The third kappa shape index (κ3) is 4.23. The Morgan fingerprint density at radius 1 is 1.03 bits per heavy atom. The zero-order valence-corrected chi connectivity index (χ0v) is 17.6. The largest absolute Gasteiger partial charge is 0.379 e. The number of morpholine rings is 1. The summed E-state index contributed by atoms with van der Waals surface area (Å²) in [6, 6.07) is 18.7. The summed E-state index contributed by atoms with van der Waals surface area (Å²) in [5.74, 6) is -0.185. The van der Waals surface area contributed by atoms with Crippen LogP contribution in [0.2, 0.25) is 0 Å². The molecule has 0 aliphatic carbocycles. The van der Waals surface area contributed by atoms with Gasteiger partial charge in [-0.2, -0.15) is 4.31 Å². The fourth-order valence-corrected chi connectivity index (χ4v) is 5.08. The molecular formula is C23H24N2O4S. The van der Waals surface area contributed by atoms with Crippen LogP contribution in [0.25, 0.3) is 10.8 Å². The van der Waals surface area contributed by atoms with Crippen molar-refractivity contribution < 1.29 is 17.9 Å². The van der Waals surface area contributed by atoms with Crippen LogP contribution in [0.5, 0.6) is 0 Å². The molecule has 1 N–H and O–H groups in total. The number of anilines is 1. The molecule has 6 nitrogen and oxygen atoms in total. The van der Waals surface area contributed by atoms with Crippen molar-refractivity contribution in [1.82, 2.24) is 4.31 Å². The molecule has 0 saturated carbocycles. The van der Waals surface area contributed by atoms with Gasteiger partial charge >= 0.3 is 0 Å². The van der Waals surface area contributed by atoms with E-state index in [0.29, 0.717) is 32.0 Å². The smallest absolute Gasteiger partial charge is 0.243 e. The molecule has 1 aliphatic rings. The highest BCUT2D eigenvalue weighted by atomic mass is 32.2. The van der Waals surface area contributed by atoms with Gasteiger partial charge in [0, 0.05) is 18.8 Å². The molecule has 30 heavy (non-hydrogen) atoms. The van der Waals surface area contributed by atoms with Gasteiger partial charge in [-0.25, -0.2) is 8.42 Å². The van der Waals surface area contributed by atoms with E-state index in [1.54, 1.807) is 18.2 Å². The van der Waals surface area contributed by atoms with Crippen LogP contribution in [0, 0.1) is 6.92 Å². The van der Waals surface area contributed by atoms with E-state index in [4.69, 9.17) is 4.74 Å². The summed E-state index contributed by atoms with van der Waals surface area (Å²) in [5, 5.41) is 5.01. The Morgan fingerprint density at radius 2 is 1.77 bits per heavy atom. The molecule has 3 aromatic rings. The number of carbonyl (C=O) groups excluding carboxylic acids is 1. The van der Waals surface area contributed by atoms with E-state index in [1.165, 1.54) is 4.31 Å². The zero-order valence-electron chi connectivity index (χ0n) is 16.8. The average molecular weight is 425 g/mol. The molecule has 1 aliphatic heterocycles. The first-order valence-corrected chi connectivity index (χ1v) is 11.3. The Labute approximate surface area is 176 Å². The average Bonchev–Trinajstić information content (AvgIpc) is 2.76. The molecule has 1 saturated heterocycles. The maximum atomic E-state index is 12.9. The summed E-state index contributed by atoms with van der Waals surface area (Å²) in [5.41, 5.74) is 2.25. The molecule has 1 heterocycles. The maximum absolute atomic E-state index is 12.9. The standard InChI is InChI=1S/C23H24N2O4S/c1-17-9-10-20(30(27,28)25-11-13-29-14-12-25)16-22(17)24-23(26)15-19-7-4-6-18-5-2-3-8-21(18)19/h2-10,16H,11-15H2,1H3,(H,24,26). The van der Waals surface area contributed by atoms with E-state index < -0.39 is 10.0 Å². The first-order valence-electron chi connectivity index (χ1n) is 9.90. The minimum atomic E-state index is -3.62. The van der Waals surface area contributed by atoms with Gasteiger partial charge in [0.25, 0.3) is 0 Å². The molecule has 3 aromatic carbocycles. The fourth-order valence-electron chi connectivity index (χ4n) is 3.65. The maximum Gasteiger partial charge on any atom is 0.243 e. The van der Waals surface area contributed by atoms with Crippen molar-refractivity contribution in [1.29, 1.82) is 0 Å². The van der Waals surface area contributed by atoms with Gasteiger partial charge in [-0.15, -0.1) is 0 Å². The fraction of sp³-hybridized carbons (Fsp3) is 0.261. The highest BCUT2D eigenvalue weighted by Gasteiger charge is 2.26. The van der Waals surface area contributed by atoms with Gasteiger partial charge in [-0.1, -0.05) is 48.5 Å². The molecule has 1 amide bonds. The molecule has 0 unspecified atom stereocenters. The summed E-state index contributed by atoms with van der Waals surface area (Å²) < 4.78 is 32.5. The number of fused-ring (bicyclic) bond motifs is 1. The second-order valence-corrected chi connectivity index (χ2v) is 9.29. The lowest BCUT2D eigenvalue weighted by Gasteiger charge is -2.26. The molecular weight excluding hydrogens is 400 g/mol. The van der Waals surface area contributed by atoms with Crippen LogP contribution in [-0.4, -0.2) is 44.9 Å². The van der Waals surface area contributed by atoms with Crippen LogP contribution >= 0.6 is 0 Å². The van der Waals surface area contributed by atoms with E-state index >= 15 is 0 Å². The molecule has 0 spiro atoms. The lowest BCUT2D eigenvalue weighted by Crippen LogP contribution is -2.40. The summed E-state index contributed by atoms with van der Waals surface area (Å²) in [6.07, 6.45) is 0.210. The third-order valence-electron chi connectivity index (χ3n) is 5.32. The number of carbonyl (C=O) groups is 1. The van der Waals surface area contributed by atoms with E-state index in [1.807, 2.05) is 49.4 Å². The number of hydrogen-bond donors (Lipinski definition) is 1. The Kier molecular flexibility index (Phi) is 5.85. The molecule has 7 heteroatoms. The summed E-state index contributed by atoms with van der Waals surface area (Å²) in [4.78, 5) is 12.9. The molecule has 0 aromatic heterocycles. The number of nitrogens with zero attached hydrogens (tertiary/aromatic N) is 1. The van der Waals surface area contributed by atoms with Crippen LogP contribution < -0.4 is 5.32 Å². The van der Waals surface area contributed by atoms with Crippen molar-refractivity contribution >= 4 is 32.4 Å². The molecule has 0 atom stereocenters. The van der Waals surface area contributed by atoms with Crippen molar-refractivity contribution in [3.63, 3.8) is 0 Å². The van der Waals surface area contributed by atoms with Crippen molar-refractivity contribution in [3.8, 4) is 0 Å². The normalized spacial score (nSPS) is 15.2. The van der Waals surface area contributed by atoms with Crippen LogP contribution in [0.4, 0.5) is 5.69 Å². The monoisotopic (exact) mass is 424 g/mol. The Morgan fingerprint density at radius 3 is 2.57 bits per heavy atom. The Hall–Kier alpha value is -2.74. The molecule has 1 fully saturated rings. The molecule has 4 rings (SSSR count). The molecule has 0 bridgehead atoms. The number of nitrogens with one attached hydrogen (secondary N) is 1. The SMILES string of the molecule is Cc1ccc(S(=O)(=O)N2CCOCC2)cc1NC(=O)Cc1cccc2ccccc12. The van der Waals surface area contributed by atoms with Crippen LogP contribution in [0.3, 0.4) is 0 Å². The Balaban J connectivity index is 1.55. The highest BCUT2D eigenvalue weighted by molar-refractivity contribution is 7.89. The van der Waals surface area contributed by atoms with Crippen LogP contribution in [-0.2, 0) is 26.0 Å². The third-order valence-corrected chi connectivity index (χ3v) is 7.22. The van der Waals surface area contributed by atoms with E-state index in [0.717, 1.165) is 21.9 Å². The molecule has 0 radical (unpaired) electrons. The van der Waals surface area contributed by atoms with Gasteiger partial charge in [0.05, 0.1) is 24.5 Å². The first kappa shape index (κ1) is 20.5. The lowest BCUT2D eigenvalue weighted by molar-refractivity contribution is -0.115. The van der Waals surface area contributed by atoms with E-state index in [-0.39, 0.29) is 17.2 Å². The molecule has 156 valence electrons. The van der Waals surface area contributed by atoms with Crippen molar-refractivity contribution in [2.75, 3.05) is 31.6 Å². The number of amides is 1. The number of benzene rings is 3. The minimum absolute atomic E-state index is 0.176. The van der Waals surface area contributed by atoms with Gasteiger partial charge in [-0.05, 0) is 41.0 Å². The van der Waals surface area contributed by atoms with Crippen LogP contribution in [0.15, 0.2) is 65.6 Å². The quantitative estimate of drug-likeness (QED) is 0.682. The van der Waals surface area contributed by atoms with Crippen LogP contribution in [0.1, 0.15) is 11.1 Å². The van der Waals surface area contributed by atoms with Crippen molar-refractivity contribution in [2.24, 2.45) is 0 Å². The predicted molar refractivity (Wildman–Crippen MR) is 117 cm³/mol. The summed E-state index contributed by atoms with van der Waals surface area (Å²) >= 11 is 0. The second kappa shape index (κ2) is 8.55. The van der Waals surface area contributed by atoms with Crippen molar-refractivity contribution in [3.05, 3.63) is 71.8 Å². The highest BCUT2D eigenvalue weighted by Crippen LogP contribution is 2.24. The number of aryl methyl sites for hydroxylation is 1. The number of ether oxygens (including phenoxy) is 1. The number of rotatable bonds is 5. The number of hydrogen-bond acceptors (Lipinski definition) is 4. The summed E-state index contributed by atoms with van der Waals surface area (Å²) in [6.45, 7) is 3.29. The van der Waals surface area contributed by atoms with Gasteiger partial charge < -0.3 is 10.1 Å². The van der Waals surface area contributed by atoms with E-state index in [2.05, 4.69) is 5.32 Å². The topological polar surface area (TPSA) is 75.7 Å². The number of sulfonamides is 1. The van der Waals surface area contributed by atoms with Gasteiger partial charge in [-0.3, -0.25) is 4.79 Å². The summed E-state index contributed by atoms with van der Waals surface area (Å²) in [7, 11) is -3.62. The van der Waals surface area contributed by atoms with Gasteiger partial charge in [0.15, 0.2) is 0 Å². The Bertz CT molecular complexity index is 1180. The van der Waals surface area contributed by atoms with Crippen molar-refractivity contribution in [2.45, 2.75) is 18.2 Å². The van der Waals surface area contributed by atoms with E-state index in [9.17, 15) is 13.2 Å². The first-order chi connectivity index (χ1) is 14.4. The lowest BCUT2D eigenvalue weighted by atomic mass is 10.0. The second-order valence-electron chi connectivity index (χ2n) is 7.36. The predicted octanol–water partition coefficient (Wildman–Crippen LogP) is 3.35.